The molecule has 1 saturated carbocycles. The Kier molecular flexibility index (Phi) is 6.52. The van der Waals surface area contributed by atoms with E-state index in [1.165, 1.54) is 12.8 Å². The van der Waals surface area contributed by atoms with Crippen molar-refractivity contribution in [2.24, 2.45) is 0 Å². The first-order chi connectivity index (χ1) is 10.2. The molecule has 0 heterocycles. The van der Waals surface area contributed by atoms with Crippen LogP contribution >= 0.6 is 11.6 Å². The maximum Gasteiger partial charge on any atom is 0.223 e. The first-order valence-corrected chi connectivity index (χ1v) is 8.27. The average molecular weight is 309 g/mol. The summed E-state index contributed by atoms with van der Waals surface area (Å²) < 4.78 is 0. The lowest BCUT2D eigenvalue weighted by Gasteiger charge is -2.29. The molecule has 21 heavy (non-hydrogen) atoms. The van der Waals surface area contributed by atoms with Gasteiger partial charge >= 0.3 is 0 Å². The van der Waals surface area contributed by atoms with Gasteiger partial charge in [0, 0.05) is 24.0 Å². The van der Waals surface area contributed by atoms with E-state index < -0.39 is 0 Å². The number of rotatable bonds is 7. The van der Waals surface area contributed by atoms with Gasteiger partial charge in [-0.05, 0) is 44.5 Å². The van der Waals surface area contributed by atoms with Crippen LogP contribution in [0.1, 0.15) is 44.1 Å². The lowest BCUT2D eigenvalue weighted by Crippen LogP contribution is -2.38. The van der Waals surface area contributed by atoms with E-state index >= 15 is 0 Å². The Morgan fingerprint density at radius 1 is 1.33 bits per heavy atom. The van der Waals surface area contributed by atoms with Crippen LogP contribution in [-0.4, -0.2) is 30.4 Å². The van der Waals surface area contributed by atoms with Gasteiger partial charge in [0.15, 0.2) is 0 Å². The lowest BCUT2D eigenvalue weighted by atomic mass is 10.1. The van der Waals surface area contributed by atoms with Crippen LogP contribution in [0.15, 0.2) is 24.3 Å². The van der Waals surface area contributed by atoms with E-state index in [4.69, 9.17) is 11.6 Å². The molecule has 1 aromatic carbocycles. The van der Waals surface area contributed by atoms with E-state index in [0.29, 0.717) is 19.0 Å². The van der Waals surface area contributed by atoms with Gasteiger partial charge in [-0.3, -0.25) is 4.79 Å². The van der Waals surface area contributed by atoms with E-state index in [1.54, 1.807) is 0 Å². The van der Waals surface area contributed by atoms with Crippen molar-refractivity contribution in [1.82, 2.24) is 10.2 Å². The highest BCUT2D eigenvalue weighted by Gasteiger charge is 2.26. The average Bonchev–Trinajstić information content (AvgIpc) is 3.00. The van der Waals surface area contributed by atoms with Crippen molar-refractivity contribution >= 4 is 17.5 Å². The van der Waals surface area contributed by atoms with Crippen molar-refractivity contribution in [2.45, 2.75) is 51.1 Å². The fraction of sp³-hybridized carbons (Fsp3) is 0.588. The molecule has 1 aliphatic carbocycles. The summed E-state index contributed by atoms with van der Waals surface area (Å²) in [7, 11) is 1.92. The third-order valence-electron chi connectivity index (χ3n) is 4.20. The number of nitrogens with zero attached hydrogens (tertiary/aromatic N) is 1. The fourth-order valence-electron chi connectivity index (χ4n) is 3.01. The van der Waals surface area contributed by atoms with Crippen LogP contribution in [0.3, 0.4) is 0 Å². The molecule has 116 valence electrons. The summed E-state index contributed by atoms with van der Waals surface area (Å²) in [5.41, 5.74) is 1.05. The second-order valence-corrected chi connectivity index (χ2v) is 6.17. The van der Waals surface area contributed by atoms with Crippen molar-refractivity contribution in [2.75, 3.05) is 13.6 Å². The number of amides is 1. The fourth-order valence-corrected chi connectivity index (χ4v) is 3.20. The Bertz CT molecular complexity index is 458. The molecule has 0 saturated heterocycles. The molecule has 0 aromatic heterocycles. The molecule has 0 bridgehead atoms. The van der Waals surface area contributed by atoms with Crippen molar-refractivity contribution in [3.8, 4) is 0 Å². The van der Waals surface area contributed by atoms with Crippen LogP contribution in [0.2, 0.25) is 5.02 Å². The predicted molar refractivity (Wildman–Crippen MR) is 87.4 cm³/mol. The zero-order valence-electron chi connectivity index (χ0n) is 12.8. The van der Waals surface area contributed by atoms with Crippen LogP contribution in [-0.2, 0) is 11.3 Å². The number of hydrogen-bond acceptors (Lipinski definition) is 2. The lowest BCUT2D eigenvalue weighted by molar-refractivity contribution is -0.134. The van der Waals surface area contributed by atoms with Gasteiger partial charge in [-0.15, -0.1) is 0 Å². The number of nitrogens with one attached hydrogen (secondary N) is 1. The zero-order valence-corrected chi connectivity index (χ0v) is 13.5. The third kappa shape index (κ3) is 4.72. The molecule has 4 heteroatoms. The van der Waals surface area contributed by atoms with Gasteiger partial charge < -0.3 is 10.2 Å². The van der Waals surface area contributed by atoms with Gasteiger partial charge in [0.2, 0.25) is 5.91 Å². The largest absolute Gasteiger partial charge is 0.335 e. The monoisotopic (exact) mass is 308 g/mol. The van der Waals surface area contributed by atoms with Crippen molar-refractivity contribution in [3.63, 3.8) is 0 Å². The number of carbonyl (C=O) groups is 1. The van der Waals surface area contributed by atoms with E-state index in [9.17, 15) is 4.79 Å². The summed E-state index contributed by atoms with van der Waals surface area (Å²) in [6.45, 7) is 1.53. The molecule has 0 atom stereocenters. The minimum atomic E-state index is 0.261. The number of halogens is 1. The van der Waals surface area contributed by atoms with Gasteiger partial charge in [-0.25, -0.2) is 0 Å². The Labute approximate surface area is 132 Å². The first-order valence-electron chi connectivity index (χ1n) is 7.90. The topological polar surface area (TPSA) is 32.3 Å². The summed E-state index contributed by atoms with van der Waals surface area (Å²) >= 11 is 6.26. The van der Waals surface area contributed by atoms with Crippen LogP contribution in [0, 0.1) is 0 Å². The van der Waals surface area contributed by atoms with Gasteiger partial charge in [0.1, 0.15) is 0 Å². The second-order valence-electron chi connectivity index (χ2n) is 5.76. The molecule has 1 aromatic rings. The first kappa shape index (κ1) is 16.3. The van der Waals surface area contributed by atoms with E-state index in [1.807, 2.05) is 31.3 Å². The SMILES string of the molecule is CNCCCC(=O)N(Cc1ccccc1Cl)C1CCCC1. The predicted octanol–water partition coefficient (Wildman–Crippen LogP) is 3.61. The molecule has 1 amide bonds. The Morgan fingerprint density at radius 2 is 2.05 bits per heavy atom. The normalized spacial score (nSPS) is 15.3. The maximum atomic E-state index is 12.6. The molecule has 1 aliphatic rings. The summed E-state index contributed by atoms with van der Waals surface area (Å²) in [4.78, 5) is 14.6. The summed E-state index contributed by atoms with van der Waals surface area (Å²) in [6.07, 6.45) is 6.22. The number of benzene rings is 1. The van der Waals surface area contributed by atoms with Gasteiger partial charge in [-0.2, -0.15) is 0 Å². The van der Waals surface area contributed by atoms with Gasteiger partial charge in [-0.1, -0.05) is 42.6 Å². The minimum Gasteiger partial charge on any atom is -0.335 e. The van der Waals surface area contributed by atoms with E-state index in [-0.39, 0.29) is 5.91 Å². The van der Waals surface area contributed by atoms with Crippen LogP contribution in [0.4, 0.5) is 0 Å². The minimum absolute atomic E-state index is 0.261. The highest BCUT2D eigenvalue weighted by Crippen LogP contribution is 2.27. The number of hydrogen-bond donors (Lipinski definition) is 1. The Balaban J connectivity index is 2.05. The zero-order chi connectivity index (χ0) is 15.1. The molecule has 0 aliphatic heterocycles. The molecule has 0 unspecified atom stereocenters. The quantitative estimate of drug-likeness (QED) is 0.780. The molecule has 1 fully saturated rings. The standard InChI is InChI=1S/C17H25ClN2O/c1-19-12-6-11-17(21)20(15-8-3-4-9-15)13-14-7-2-5-10-16(14)18/h2,5,7,10,15,19H,3-4,6,8-9,11-13H2,1H3. The molecule has 0 radical (unpaired) electrons. The van der Waals surface area contributed by atoms with E-state index in [0.717, 1.165) is 36.4 Å². The Morgan fingerprint density at radius 3 is 2.71 bits per heavy atom. The highest BCUT2D eigenvalue weighted by atomic mass is 35.5. The van der Waals surface area contributed by atoms with Crippen molar-refractivity contribution in [1.29, 1.82) is 0 Å². The highest BCUT2D eigenvalue weighted by molar-refractivity contribution is 6.31. The summed E-state index contributed by atoms with van der Waals surface area (Å²) in [5.74, 6) is 0.261. The van der Waals surface area contributed by atoms with Gasteiger partial charge in [0.05, 0.1) is 0 Å². The van der Waals surface area contributed by atoms with Crippen molar-refractivity contribution < 1.29 is 4.79 Å². The summed E-state index contributed by atoms with van der Waals surface area (Å²) in [5, 5.41) is 3.85. The van der Waals surface area contributed by atoms with Crippen LogP contribution in [0.25, 0.3) is 0 Å². The molecular weight excluding hydrogens is 284 g/mol. The molecule has 1 N–H and O–H groups in total. The molecule has 2 rings (SSSR count). The molecule has 0 spiro atoms. The van der Waals surface area contributed by atoms with Crippen LogP contribution < -0.4 is 5.32 Å². The molecule has 3 nitrogen and oxygen atoms in total. The van der Waals surface area contributed by atoms with Gasteiger partial charge in [0.25, 0.3) is 0 Å². The smallest absolute Gasteiger partial charge is 0.223 e. The van der Waals surface area contributed by atoms with Crippen molar-refractivity contribution in [3.05, 3.63) is 34.9 Å². The maximum absolute atomic E-state index is 12.6. The second kappa shape index (κ2) is 8.40. The third-order valence-corrected chi connectivity index (χ3v) is 4.57. The van der Waals surface area contributed by atoms with Crippen LogP contribution in [0.5, 0.6) is 0 Å². The molecular formula is C17H25ClN2O. The van der Waals surface area contributed by atoms with E-state index in [2.05, 4.69) is 10.2 Å². The summed E-state index contributed by atoms with van der Waals surface area (Å²) in [6, 6.07) is 8.23. The number of carbonyl (C=O) groups excluding carboxylic acids is 1. The Hall–Kier alpha value is -1.06.